The lowest BCUT2D eigenvalue weighted by molar-refractivity contribution is 0.101. The van der Waals surface area contributed by atoms with Crippen molar-refractivity contribution in [2.24, 2.45) is 0 Å². The SMILES string of the molecule is CC(=O)c1ccc(O)c(I)c1F. The summed E-state index contributed by atoms with van der Waals surface area (Å²) in [6.07, 6.45) is 0. The highest BCUT2D eigenvalue weighted by Crippen LogP contribution is 2.24. The molecule has 0 unspecified atom stereocenters. The molecule has 1 aromatic rings. The Bertz CT molecular complexity index is 336. The van der Waals surface area contributed by atoms with Crippen LogP contribution in [0.25, 0.3) is 0 Å². The van der Waals surface area contributed by atoms with Crippen LogP contribution >= 0.6 is 22.6 Å². The zero-order chi connectivity index (χ0) is 9.30. The summed E-state index contributed by atoms with van der Waals surface area (Å²) in [4.78, 5) is 10.8. The predicted molar refractivity (Wildman–Crippen MR) is 50.8 cm³/mol. The minimum Gasteiger partial charge on any atom is -0.507 e. The minimum atomic E-state index is -0.650. The first-order chi connectivity index (χ1) is 5.54. The van der Waals surface area contributed by atoms with Crippen LogP contribution in [0.4, 0.5) is 4.39 Å². The Morgan fingerprint density at radius 1 is 1.58 bits per heavy atom. The van der Waals surface area contributed by atoms with Gasteiger partial charge >= 0.3 is 0 Å². The molecule has 0 radical (unpaired) electrons. The van der Waals surface area contributed by atoms with Crippen molar-refractivity contribution in [1.29, 1.82) is 0 Å². The van der Waals surface area contributed by atoms with Crippen molar-refractivity contribution in [3.8, 4) is 5.75 Å². The highest BCUT2D eigenvalue weighted by Gasteiger charge is 2.12. The number of hydrogen-bond donors (Lipinski definition) is 1. The number of hydrogen-bond acceptors (Lipinski definition) is 2. The van der Waals surface area contributed by atoms with Gasteiger partial charge in [0, 0.05) is 0 Å². The molecule has 1 N–H and O–H groups in total. The van der Waals surface area contributed by atoms with Gasteiger partial charge < -0.3 is 5.11 Å². The van der Waals surface area contributed by atoms with Crippen molar-refractivity contribution >= 4 is 28.4 Å². The van der Waals surface area contributed by atoms with E-state index in [9.17, 15) is 9.18 Å². The number of Topliss-reactive ketones (excluding diaryl/α,β-unsaturated/α-hetero) is 1. The maximum absolute atomic E-state index is 13.1. The molecule has 0 aliphatic heterocycles. The quantitative estimate of drug-likeness (QED) is 0.633. The number of phenols is 1. The highest BCUT2D eigenvalue weighted by molar-refractivity contribution is 14.1. The number of phenolic OH excluding ortho intramolecular Hbond substituents is 1. The van der Waals surface area contributed by atoms with Crippen molar-refractivity contribution in [2.75, 3.05) is 0 Å². The molecule has 0 heterocycles. The minimum absolute atomic E-state index is 0.0113. The van der Waals surface area contributed by atoms with E-state index in [4.69, 9.17) is 5.11 Å². The molecule has 2 nitrogen and oxygen atoms in total. The van der Waals surface area contributed by atoms with E-state index >= 15 is 0 Å². The van der Waals surface area contributed by atoms with E-state index in [-0.39, 0.29) is 20.7 Å². The standard InChI is InChI=1S/C8H6FIO2/c1-4(11)5-2-3-6(12)8(10)7(5)9/h2-3,12H,1H3. The van der Waals surface area contributed by atoms with Gasteiger partial charge in [0.1, 0.15) is 5.75 Å². The molecule has 0 amide bonds. The first-order valence-electron chi connectivity index (χ1n) is 3.22. The Kier molecular flexibility index (Phi) is 2.66. The van der Waals surface area contributed by atoms with Crippen molar-refractivity contribution < 1.29 is 14.3 Å². The lowest BCUT2D eigenvalue weighted by Gasteiger charge is -2.01. The van der Waals surface area contributed by atoms with Gasteiger partial charge in [0.05, 0.1) is 9.13 Å². The van der Waals surface area contributed by atoms with Crippen molar-refractivity contribution in [2.45, 2.75) is 6.92 Å². The van der Waals surface area contributed by atoms with Gasteiger partial charge in [-0.1, -0.05) is 0 Å². The van der Waals surface area contributed by atoms with Crippen LogP contribution in [0.3, 0.4) is 0 Å². The average molecular weight is 280 g/mol. The first-order valence-corrected chi connectivity index (χ1v) is 4.30. The molecule has 0 spiro atoms. The van der Waals surface area contributed by atoms with E-state index in [0.717, 1.165) is 0 Å². The fourth-order valence-electron chi connectivity index (χ4n) is 0.811. The van der Waals surface area contributed by atoms with Crippen LogP contribution in [0.2, 0.25) is 0 Å². The monoisotopic (exact) mass is 280 g/mol. The molecule has 64 valence electrons. The second-order valence-electron chi connectivity index (χ2n) is 2.32. The summed E-state index contributed by atoms with van der Waals surface area (Å²) in [5, 5.41) is 9.05. The van der Waals surface area contributed by atoms with Gasteiger partial charge in [0.25, 0.3) is 0 Å². The Morgan fingerprint density at radius 2 is 2.17 bits per heavy atom. The number of aromatic hydroxyl groups is 1. The van der Waals surface area contributed by atoms with Crippen molar-refractivity contribution in [1.82, 2.24) is 0 Å². The molecule has 1 aromatic carbocycles. The summed E-state index contributed by atoms with van der Waals surface area (Å²) >= 11 is 1.65. The molecule has 0 saturated heterocycles. The Balaban J connectivity index is 3.36. The van der Waals surface area contributed by atoms with Crippen LogP contribution in [0.1, 0.15) is 17.3 Å². The number of halogens is 2. The smallest absolute Gasteiger partial charge is 0.162 e. The zero-order valence-electron chi connectivity index (χ0n) is 6.27. The predicted octanol–water partition coefficient (Wildman–Crippen LogP) is 2.34. The molecule has 0 bridgehead atoms. The number of ketones is 1. The maximum atomic E-state index is 13.1. The Labute approximate surface area is 82.5 Å². The molecule has 0 atom stereocenters. The number of carbonyl (C=O) groups is 1. The van der Waals surface area contributed by atoms with Crippen molar-refractivity contribution in [3.05, 3.63) is 27.1 Å². The second kappa shape index (κ2) is 3.38. The fraction of sp³-hybridized carbons (Fsp3) is 0.125. The topological polar surface area (TPSA) is 37.3 Å². The maximum Gasteiger partial charge on any atom is 0.162 e. The fourth-order valence-corrected chi connectivity index (χ4v) is 1.28. The number of carbonyl (C=O) groups excluding carboxylic acids is 1. The largest absolute Gasteiger partial charge is 0.507 e. The van der Waals surface area contributed by atoms with Gasteiger partial charge in [0.2, 0.25) is 0 Å². The molecular weight excluding hydrogens is 274 g/mol. The van der Waals surface area contributed by atoms with Crippen LogP contribution in [-0.2, 0) is 0 Å². The molecule has 12 heavy (non-hydrogen) atoms. The van der Waals surface area contributed by atoms with Gasteiger partial charge in [-0.3, -0.25) is 4.79 Å². The third-order valence-electron chi connectivity index (χ3n) is 1.44. The van der Waals surface area contributed by atoms with E-state index in [1.807, 2.05) is 0 Å². The molecule has 0 aromatic heterocycles. The summed E-state index contributed by atoms with van der Waals surface area (Å²) in [5.41, 5.74) is 0.0113. The van der Waals surface area contributed by atoms with Crippen LogP contribution in [0.5, 0.6) is 5.75 Å². The van der Waals surface area contributed by atoms with E-state index in [1.54, 1.807) is 22.6 Å². The summed E-state index contributed by atoms with van der Waals surface area (Å²) < 4.78 is 13.2. The average Bonchev–Trinajstić information content (AvgIpc) is 2.00. The van der Waals surface area contributed by atoms with Crippen LogP contribution in [-0.4, -0.2) is 10.9 Å². The Morgan fingerprint density at radius 3 is 2.67 bits per heavy atom. The number of benzene rings is 1. The molecule has 1 rings (SSSR count). The van der Waals surface area contributed by atoms with Crippen LogP contribution in [0.15, 0.2) is 12.1 Å². The lowest BCUT2D eigenvalue weighted by atomic mass is 10.1. The zero-order valence-corrected chi connectivity index (χ0v) is 8.42. The van der Waals surface area contributed by atoms with Gasteiger partial charge in [-0.25, -0.2) is 4.39 Å². The molecule has 0 saturated carbocycles. The normalized spacial score (nSPS) is 9.92. The van der Waals surface area contributed by atoms with Gasteiger partial charge in [0.15, 0.2) is 11.6 Å². The third kappa shape index (κ3) is 1.57. The highest BCUT2D eigenvalue weighted by atomic mass is 127. The van der Waals surface area contributed by atoms with E-state index in [1.165, 1.54) is 19.1 Å². The molecule has 0 fully saturated rings. The van der Waals surface area contributed by atoms with Crippen LogP contribution < -0.4 is 0 Å². The Hall–Kier alpha value is -0.650. The summed E-state index contributed by atoms with van der Waals surface area (Å²) in [5.74, 6) is -1.13. The molecule has 4 heteroatoms. The lowest BCUT2D eigenvalue weighted by Crippen LogP contribution is -1.98. The number of rotatable bonds is 1. The molecule has 0 aliphatic carbocycles. The van der Waals surface area contributed by atoms with E-state index in [2.05, 4.69) is 0 Å². The molecule has 0 aliphatic rings. The van der Waals surface area contributed by atoms with Gasteiger partial charge in [-0.05, 0) is 41.6 Å². The summed E-state index contributed by atoms with van der Waals surface area (Å²) in [6.45, 7) is 1.28. The van der Waals surface area contributed by atoms with E-state index in [0.29, 0.717) is 0 Å². The van der Waals surface area contributed by atoms with Gasteiger partial charge in [-0.15, -0.1) is 0 Å². The summed E-state index contributed by atoms with van der Waals surface area (Å²) in [6, 6.07) is 2.58. The van der Waals surface area contributed by atoms with Crippen molar-refractivity contribution in [3.63, 3.8) is 0 Å². The summed E-state index contributed by atoms with van der Waals surface area (Å²) in [7, 11) is 0. The van der Waals surface area contributed by atoms with Gasteiger partial charge in [-0.2, -0.15) is 0 Å². The van der Waals surface area contributed by atoms with E-state index < -0.39 is 5.82 Å². The third-order valence-corrected chi connectivity index (χ3v) is 2.47. The second-order valence-corrected chi connectivity index (χ2v) is 3.40. The first kappa shape index (κ1) is 9.44. The molecular formula is C8H6FIO2. The van der Waals surface area contributed by atoms with Crippen LogP contribution in [0, 0.1) is 9.39 Å².